The third-order valence-electron chi connectivity index (χ3n) is 2.93. The van der Waals surface area contributed by atoms with E-state index in [1.54, 1.807) is 12.3 Å². The SMILES string of the molecule is Cc1cc(I)cnc1NC(=O)c1cc2ccccc2o1. The number of aromatic nitrogens is 1. The van der Waals surface area contributed by atoms with Gasteiger partial charge in [0.05, 0.1) is 0 Å². The quantitative estimate of drug-likeness (QED) is 0.686. The molecule has 0 fully saturated rings. The number of aryl methyl sites for hydroxylation is 1. The van der Waals surface area contributed by atoms with Gasteiger partial charge in [0.15, 0.2) is 5.76 Å². The van der Waals surface area contributed by atoms with Crippen LogP contribution in [0.4, 0.5) is 5.82 Å². The minimum atomic E-state index is -0.294. The Balaban J connectivity index is 1.89. The molecule has 20 heavy (non-hydrogen) atoms. The number of benzene rings is 1. The van der Waals surface area contributed by atoms with Crippen LogP contribution in [0.1, 0.15) is 16.1 Å². The molecular weight excluding hydrogens is 367 g/mol. The Morgan fingerprint density at radius 1 is 1.30 bits per heavy atom. The van der Waals surface area contributed by atoms with E-state index in [0.717, 1.165) is 14.5 Å². The van der Waals surface area contributed by atoms with E-state index < -0.39 is 0 Å². The number of hydrogen-bond acceptors (Lipinski definition) is 3. The number of carbonyl (C=O) groups excluding carboxylic acids is 1. The zero-order valence-corrected chi connectivity index (χ0v) is 12.8. The van der Waals surface area contributed by atoms with E-state index in [1.807, 2.05) is 37.3 Å². The number of para-hydroxylation sites is 1. The van der Waals surface area contributed by atoms with Crippen molar-refractivity contribution in [1.82, 2.24) is 4.98 Å². The Hall–Kier alpha value is -1.89. The summed E-state index contributed by atoms with van der Waals surface area (Å²) in [5.41, 5.74) is 1.62. The zero-order chi connectivity index (χ0) is 14.1. The van der Waals surface area contributed by atoms with Crippen LogP contribution in [0.5, 0.6) is 0 Å². The van der Waals surface area contributed by atoms with Crippen LogP contribution in [0.25, 0.3) is 11.0 Å². The van der Waals surface area contributed by atoms with Crippen molar-refractivity contribution in [3.05, 3.63) is 57.5 Å². The molecule has 1 aromatic carbocycles. The molecule has 0 unspecified atom stereocenters. The monoisotopic (exact) mass is 378 g/mol. The molecule has 0 saturated carbocycles. The molecule has 2 aromatic heterocycles. The van der Waals surface area contributed by atoms with Crippen molar-refractivity contribution in [3.8, 4) is 0 Å². The molecule has 0 aliphatic carbocycles. The van der Waals surface area contributed by atoms with Crippen molar-refractivity contribution in [3.63, 3.8) is 0 Å². The van der Waals surface area contributed by atoms with Gasteiger partial charge in [-0.25, -0.2) is 4.98 Å². The summed E-state index contributed by atoms with van der Waals surface area (Å²) in [6.45, 7) is 1.91. The molecule has 0 aliphatic rings. The van der Waals surface area contributed by atoms with Gasteiger partial charge in [0.25, 0.3) is 5.91 Å². The van der Waals surface area contributed by atoms with Crippen molar-refractivity contribution in [2.45, 2.75) is 6.92 Å². The van der Waals surface area contributed by atoms with Gasteiger partial charge in [-0.3, -0.25) is 4.79 Å². The number of nitrogens with one attached hydrogen (secondary N) is 1. The molecule has 1 amide bonds. The number of anilines is 1. The Labute approximate surface area is 129 Å². The van der Waals surface area contributed by atoms with Gasteiger partial charge in [-0.1, -0.05) is 18.2 Å². The Morgan fingerprint density at radius 3 is 2.85 bits per heavy atom. The van der Waals surface area contributed by atoms with E-state index >= 15 is 0 Å². The molecule has 3 aromatic rings. The van der Waals surface area contributed by atoms with Crippen LogP contribution >= 0.6 is 22.6 Å². The van der Waals surface area contributed by atoms with Gasteiger partial charge in [0.1, 0.15) is 11.4 Å². The minimum absolute atomic E-state index is 0.283. The fourth-order valence-corrected chi connectivity index (χ4v) is 2.54. The Morgan fingerprint density at radius 2 is 2.10 bits per heavy atom. The molecule has 0 aliphatic heterocycles. The number of nitrogens with zero attached hydrogens (tertiary/aromatic N) is 1. The molecule has 5 heteroatoms. The van der Waals surface area contributed by atoms with Crippen LogP contribution in [-0.4, -0.2) is 10.9 Å². The predicted octanol–water partition coefficient (Wildman–Crippen LogP) is 3.99. The highest BCUT2D eigenvalue weighted by molar-refractivity contribution is 14.1. The number of carbonyl (C=O) groups is 1. The summed E-state index contributed by atoms with van der Waals surface area (Å²) >= 11 is 2.18. The number of fused-ring (bicyclic) bond motifs is 1. The lowest BCUT2D eigenvalue weighted by atomic mass is 10.2. The van der Waals surface area contributed by atoms with Gasteiger partial charge >= 0.3 is 0 Å². The lowest BCUT2D eigenvalue weighted by molar-refractivity contribution is 0.0998. The van der Waals surface area contributed by atoms with Crippen molar-refractivity contribution in [2.24, 2.45) is 0 Å². The molecule has 100 valence electrons. The highest BCUT2D eigenvalue weighted by atomic mass is 127. The fourth-order valence-electron chi connectivity index (χ4n) is 1.93. The Bertz CT molecular complexity index is 762. The Kier molecular flexibility index (Phi) is 3.43. The van der Waals surface area contributed by atoms with E-state index in [0.29, 0.717) is 11.4 Å². The molecule has 0 saturated heterocycles. The van der Waals surface area contributed by atoms with E-state index in [1.165, 1.54) is 0 Å². The third kappa shape index (κ3) is 2.53. The van der Waals surface area contributed by atoms with Gasteiger partial charge in [0.2, 0.25) is 0 Å². The smallest absolute Gasteiger partial charge is 0.292 e. The molecule has 4 nitrogen and oxygen atoms in total. The maximum Gasteiger partial charge on any atom is 0.292 e. The van der Waals surface area contributed by atoms with Crippen LogP contribution in [-0.2, 0) is 0 Å². The van der Waals surface area contributed by atoms with E-state index in [2.05, 4.69) is 32.9 Å². The zero-order valence-electron chi connectivity index (χ0n) is 10.7. The highest BCUT2D eigenvalue weighted by Crippen LogP contribution is 2.20. The standard InChI is InChI=1S/C15H11IN2O2/c1-9-6-11(16)8-17-14(9)18-15(19)13-7-10-4-2-3-5-12(10)20-13/h2-8H,1H3,(H,17,18,19). The second kappa shape index (κ2) is 5.24. The molecular formula is C15H11IN2O2. The second-order valence-corrected chi connectivity index (χ2v) is 5.67. The molecule has 0 spiro atoms. The first kappa shape index (κ1) is 13.1. The minimum Gasteiger partial charge on any atom is -0.451 e. The molecule has 0 bridgehead atoms. The summed E-state index contributed by atoms with van der Waals surface area (Å²) in [7, 11) is 0. The average molecular weight is 378 g/mol. The van der Waals surface area contributed by atoms with Crippen molar-refractivity contribution in [1.29, 1.82) is 0 Å². The third-order valence-corrected chi connectivity index (χ3v) is 3.52. The summed E-state index contributed by atoms with van der Waals surface area (Å²) in [6.07, 6.45) is 1.71. The van der Waals surface area contributed by atoms with Gasteiger partial charge in [-0.2, -0.15) is 0 Å². The first-order valence-corrected chi connectivity index (χ1v) is 7.13. The van der Waals surface area contributed by atoms with Crippen LogP contribution in [0.15, 0.2) is 47.0 Å². The van der Waals surface area contributed by atoms with Gasteiger partial charge in [-0.05, 0) is 53.3 Å². The molecule has 0 atom stereocenters. The van der Waals surface area contributed by atoms with Gasteiger partial charge in [0, 0.05) is 15.2 Å². The number of furan rings is 1. The number of amides is 1. The summed E-state index contributed by atoms with van der Waals surface area (Å²) in [6, 6.07) is 11.2. The summed E-state index contributed by atoms with van der Waals surface area (Å²) in [4.78, 5) is 16.4. The first-order chi connectivity index (χ1) is 9.63. The van der Waals surface area contributed by atoms with Gasteiger partial charge < -0.3 is 9.73 Å². The van der Waals surface area contributed by atoms with Crippen LogP contribution < -0.4 is 5.32 Å². The average Bonchev–Trinajstić information content (AvgIpc) is 2.86. The summed E-state index contributed by atoms with van der Waals surface area (Å²) < 4.78 is 6.55. The number of hydrogen-bond donors (Lipinski definition) is 1. The van der Waals surface area contributed by atoms with Crippen molar-refractivity contribution in [2.75, 3.05) is 5.32 Å². The number of pyridine rings is 1. The van der Waals surface area contributed by atoms with E-state index in [9.17, 15) is 4.79 Å². The van der Waals surface area contributed by atoms with Crippen LogP contribution in [0, 0.1) is 10.5 Å². The second-order valence-electron chi connectivity index (χ2n) is 4.42. The van der Waals surface area contributed by atoms with Crippen molar-refractivity contribution < 1.29 is 9.21 Å². The predicted molar refractivity (Wildman–Crippen MR) is 85.9 cm³/mol. The van der Waals surface area contributed by atoms with E-state index in [4.69, 9.17) is 4.42 Å². The topological polar surface area (TPSA) is 55.1 Å². The lowest BCUT2D eigenvalue weighted by Gasteiger charge is -2.05. The fraction of sp³-hybridized carbons (Fsp3) is 0.0667. The van der Waals surface area contributed by atoms with Crippen LogP contribution in [0.3, 0.4) is 0 Å². The molecule has 2 heterocycles. The highest BCUT2D eigenvalue weighted by Gasteiger charge is 2.13. The first-order valence-electron chi connectivity index (χ1n) is 6.05. The number of rotatable bonds is 2. The molecule has 1 N–H and O–H groups in total. The number of halogens is 1. The largest absolute Gasteiger partial charge is 0.451 e. The maximum absolute atomic E-state index is 12.2. The van der Waals surface area contributed by atoms with Crippen molar-refractivity contribution >= 4 is 45.3 Å². The molecule has 0 radical (unpaired) electrons. The van der Waals surface area contributed by atoms with Crippen LogP contribution in [0.2, 0.25) is 0 Å². The normalized spacial score (nSPS) is 10.7. The van der Waals surface area contributed by atoms with E-state index in [-0.39, 0.29) is 11.7 Å². The lowest BCUT2D eigenvalue weighted by Crippen LogP contribution is -2.13. The maximum atomic E-state index is 12.2. The van der Waals surface area contributed by atoms with Gasteiger partial charge in [-0.15, -0.1) is 0 Å². The molecule has 3 rings (SSSR count). The summed E-state index contributed by atoms with van der Waals surface area (Å²) in [5.74, 6) is 0.542. The summed E-state index contributed by atoms with van der Waals surface area (Å²) in [5, 5.41) is 3.67.